The zero-order chi connectivity index (χ0) is 38.3. The van der Waals surface area contributed by atoms with E-state index in [1.807, 2.05) is 30.3 Å². The van der Waals surface area contributed by atoms with Gasteiger partial charge in [0.1, 0.15) is 17.5 Å². The maximum absolute atomic E-state index is 13.1. The number of aryl methyl sites for hydroxylation is 2. The van der Waals surface area contributed by atoms with E-state index in [-0.39, 0.29) is 31.3 Å². The molecule has 0 aromatic heterocycles. The first-order valence-electron chi connectivity index (χ1n) is 19.1. The van der Waals surface area contributed by atoms with Crippen LogP contribution in [0.1, 0.15) is 104 Å². The third-order valence-corrected chi connectivity index (χ3v) is 9.90. The van der Waals surface area contributed by atoms with E-state index >= 15 is 0 Å². The van der Waals surface area contributed by atoms with Crippen molar-refractivity contribution in [2.75, 3.05) is 34.0 Å². The average molecular weight is 744 g/mol. The summed E-state index contributed by atoms with van der Waals surface area (Å²) < 4.78 is 22.5. The van der Waals surface area contributed by atoms with Gasteiger partial charge in [-0.15, -0.1) is 0 Å². The minimum absolute atomic E-state index is 0.00886. The number of imide groups is 1. The summed E-state index contributed by atoms with van der Waals surface area (Å²) in [7, 11) is 3.27. The number of piperidine rings is 1. The fraction of sp³-hybridized carbons (Fsp3) is 0.476. The number of benzene rings is 3. The summed E-state index contributed by atoms with van der Waals surface area (Å²) in [6, 6.07) is 18.1. The maximum atomic E-state index is 13.1. The number of ether oxygens (including phenoxy) is 4. The van der Waals surface area contributed by atoms with Gasteiger partial charge in [-0.25, -0.2) is 0 Å². The first-order valence-corrected chi connectivity index (χ1v) is 19.1. The Bertz CT molecular complexity index is 1750. The van der Waals surface area contributed by atoms with Crippen LogP contribution in [0.25, 0.3) is 0 Å². The third-order valence-electron chi connectivity index (χ3n) is 9.90. The Morgan fingerprint density at radius 2 is 1.50 bits per heavy atom. The lowest BCUT2D eigenvalue weighted by molar-refractivity contribution is -0.139. The molecule has 0 saturated carbocycles. The maximum Gasteiger partial charge on any atom is 0.257 e. The number of carbonyl (C=O) groups is 4. The van der Waals surface area contributed by atoms with Crippen LogP contribution in [-0.4, -0.2) is 73.7 Å². The van der Waals surface area contributed by atoms with Gasteiger partial charge in [0.05, 0.1) is 32.0 Å². The van der Waals surface area contributed by atoms with Crippen LogP contribution < -0.4 is 29.6 Å². The number of hydrogen-bond acceptors (Lipinski definition) is 9. The lowest BCUT2D eigenvalue weighted by Gasteiger charge is -2.32. The van der Waals surface area contributed by atoms with E-state index < -0.39 is 24.1 Å². The predicted molar refractivity (Wildman–Crippen MR) is 203 cm³/mol. The summed E-state index contributed by atoms with van der Waals surface area (Å²) >= 11 is 0. The summed E-state index contributed by atoms with van der Waals surface area (Å²) in [6.45, 7) is 1.07. The first-order chi connectivity index (χ1) is 26.3. The van der Waals surface area contributed by atoms with Crippen molar-refractivity contribution in [1.29, 1.82) is 0 Å². The summed E-state index contributed by atoms with van der Waals surface area (Å²) in [4.78, 5) is 50.5. The van der Waals surface area contributed by atoms with Crippen LogP contribution in [0.4, 0.5) is 0 Å². The highest BCUT2D eigenvalue weighted by molar-refractivity contribution is 6.06. The molecule has 1 saturated heterocycles. The molecule has 3 aromatic rings. The molecule has 0 radical (unpaired) electrons. The Morgan fingerprint density at radius 3 is 2.24 bits per heavy atom. The number of aliphatic hydroxyl groups excluding tert-OH is 1. The molecule has 12 nitrogen and oxygen atoms in total. The number of methoxy groups -OCH3 is 2. The van der Waals surface area contributed by atoms with E-state index in [0.717, 1.165) is 92.6 Å². The Balaban J connectivity index is 0.878. The second-order valence-corrected chi connectivity index (χ2v) is 13.8. The zero-order valence-corrected chi connectivity index (χ0v) is 31.4. The van der Waals surface area contributed by atoms with Crippen molar-refractivity contribution in [2.24, 2.45) is 0 Å². The minimum atomic E-state index is -1.31. The Kier molecular flexibility index (Phi) is 15.1. The standard InChI is InChI=1S/C42H53N3O9/c1-51-34-22-20-30(27-36(34)52-2)15-11-14-29-16-12-17-31(26-29)54-28-38(47)43-24-9-7-5-3-4-6-8-10-25-53-35-19-13-18-32-39(35)42(50)45(41(32)49)33-21-23-37(46)44-40(33)48/h12-13,16-20,22,26-27,33,42,50H,3-11,14-15,21,23-25,28H2,1-2H3,(H,43,47)(H,44,46,48). The average Bonchev–Trinajstić information content (AvgIpc) is 3.43. The number of nitrogens with zero attached hydrogens (tertiary/aromatic N) is 1. The normalized spacial score (nSPS) is 16.5. The number of aliphatic hydroxyl groups is 1. The molecule has 0 spiro atoms. The van der Waals surface area contributed by atoms with Gasteiger partial charge in [-0.2, -0.15) is 0 Å². The summed E-state index contributed by atoms with van der Waals surface area (Å²) in [5.41, 5.74) is 3.04. The van der Waals surface area contributed by atoms with Gasteiger partial charge in [-0.05, 0) is 86.1 Å². The van der Waals surface area contributed by atoms with Crippen LogP contribution >= 0.6 is 0 Å². The monoisotopic (exact) mass is 743 g/mol. The molecule has 12 heteroatoms. The number of unbranched alkanes of at least 4 members (excludes halogenated alkanes) is 7. The van der Waals surface area contributed by atoms with Gasteiger partial charge in [-0.1, -0.05) is 62.8 Å². The number of fused-ring (bicyclic) bond motifs is 1. The second-order valence-electron chi connectivity index (χ2n) is 13.8. The van der Waals surface area contributed by atoms with Gasteiger partial charge in [0.15, 0.2) is 24.3 Å². The fourth-order valence-corrected chi connectivity index (χ4v) is 6.99. The molecule has 2 unspecified atom stereocenters. The van der Waals surface area contributed by atoms with Crippen molar-refractivity contribution in [3.63, 3.8) is 0 Å². The second kappa shape index (κ2) is 20.4. The van der Waals surface area contributed by atoms with Crippen molar-refractivity contribution in [3.8, 4) is 23.0 Å². The molecule has 3 N–H and O–H groups in total. The lowest BCUT2D eigenvalue weighted by Crippen LogP contribution is -2.53. The van der Waals surface area contributed by atoms with Gasteiger partial charge in [0.2, 0.25) is 11.8 Å². The number of nitrogens with one attached hydrogen (secondary N) is 2. The van der Waals surface area contributed by atoms with E-state index in [1.54, 1.807) is 32.4 Å². The van der Waals surface area contributed by atoms with Crippen LogP contribution in [0.15, 0.2) is 60.7 Å². The Labute approximate surface area is 317 Å². The fourth-order valence-electron chi connectivity index (χ4n) is 6.99. The molecular formula is C42H53N3O9. The van der Waals surface area contributed by atoms with Crippen molar-refractivity contribution >= 4 is 23.6 Å². The number of rotatable bonds is 22. The molecular weight excluding hydrogens is 690 g/mol. The lowest BCUT2D eigenvalue weighted by atomic mass is 10.0. The van der Waals surface area contributed by atoms with Gasteiger partial charge in [0, 0.05) is 13.0 Å². The van der Waals surface area contributed by atoms with Gasteiger partial charge in [-0.3, -0.25) is 29.4 Å². The van der Waals surface area contributed by atoms with E-state index in [9.17, 15) is 24.3 Å². The van der Waals surface area contributed by atoms with Crippen LogP contribution in [0.2, 0.25) is 0 Å². The van der Waals surface area contributed by atoms with Gasteiger partial charge < -0.3 is 29.4 Å². The van der Waals surface area contributed by atoms with Crippen LogP contribution in [-0.2, 0) is 27.2 Å². The topological polar surface area (TPSA) is 153 Å². The molecule has 4 amide bonds. The quantitative estimate of drug-likeness (QED) is 0.0853. The molecule has 2 aliphatic heterocycles. The Hall–Kier alpha value is -5.10. The Morgan fingerprint density at radius 1 is 0.796 bits per heavy atom. The molecule has 0 aliphatic carbocycles. The molecule has 5 rings (SSSR count). The SMILES string of the molecule is COc1ccc(CCCc2cccc(OCC(=O)NCCCCCCCCCCOc3cccc4c3C(O)N(C3CCC(=O)NC3=O)C4=O)c2)cc1OC. The van der Waals surface area contributed by atoms with Crippen LogP contribution in [0.5, 0.6) is 23.0 Å². The molecule has 0 bridgehead atoms. The zero-order valence-electron chi connectivity index (χ0n) is 31.4. The van der Waals surface area contributed by atoms with E-state index in [2.05, 4.69) is 22.8 Å². The third kappa shape index (κ3) is 11.0. The van der Waals surface area contributed by atoms with Crippen LogP contribution in [0.3, 0.4) is 0 Å². The van der Waals surface area contributed by atoms with Gasteiger partial charge >= 0.3 is 0 Å². The molecule has 54 heavy (non-hydrogen) atoms. The van der Waals surface area contributed by atoms with E-state index in [0.29, 0.717) is 35.8 Å². The molecule has 290 valence electrons. The molecule has 2 atom stereocenters. The van der Waals surface area contributed by atoms with Crippen LogP contribution in [0, 0.1) is 0 Å². The first kappa shape index (κ1) is 40.1. The molecule has 1 fully saturated rings. The number of hydrogen-bond donors (Lipinski definition) is 3. The summed E-state index contributed by atoms with van der Waals surface area (Å²) in [5, 5.41) is 16.2. The molecule has 2 aliphatic rings. The van der Waals surface area contributed by atoms with E-state index in [4.69, 9.17) is 18.9 Å². The van der Waals surface area contributed by atoms with Crippen molar-refractivity contribution in [1.82, 2.24) is 15.5 Å². The van der Waals surface area contributed by atoms with Crippen molar-refractivity contribution < 1.29 is 43.2 Å². The highest BCUT2D eigenvalue weighted by Gasteiger charge is 2.45. The highest BCUT2D eigenvalue weighted by atomic mass is 16.5. The van der Waals surface area contributed by atoms with Crippen molar-refractivity contribution in [3.05, 3.63) is 82.9 Å². The smallest absolute Gasteiger partial charge is 0.257 e. The minimum Gasteiger partial charge on any atom is -0.493 e. The van der Waals surface area contributed by atoms with Gasteiger partial charge in [0.25, 0.3) is 11.8 Å². The largest absolute Gasteiger partial charge is 0.493 e. The predicted octanol–water partition coefficient (Wildman–Crippen LogP) is 5.83. The van der Waals surface area contributed by atoms with Crippen molar-refractivity contribution in [2.45, 2.75) is 95.7 Å². The molecule has 2 heterocycles. The number of carbonyl (C=O) groups excluding carboxylic acids is 4. The number of amides is 4. The summed E-state index contributed by atoms with van der Waals surface area (Å²) in [6.07, 6.45) is 9.99. The van der Waals surface area contributed by atoms with E-state index in [1.165, 1.54) is 5.56 Å². The summed E-state index contributed by atoms with van der Waals surface area (Å²) in [5.74, 6) is 1.07. The highest BCUT2D eigenvalue weighted by Crippen LogP contribution is 2.40. The molecule has 3 aromatic carbocycles.